The molecule has 0 aromatic rings. The number of hydrogen-bond donors (Lipinski definition) is 1. The molecule has 16 heavy (non-hydrogen) atoms. The summed E-state index contributed by atoms with van der Waals surface area (Å²) in [6, 6.07) is 0. The summed E-state index contributed by atoms with van der Waals surface area (Å²) < 4.78 is 0. The van der Waals surface area contributed by atoms with Crippen molar-refractivity contribution in [3.8, 4) is 0 Å². The van der Waals surface area contributed by atoms with Crippen LogP contribution in [-0.4, -0.2) is 62.0 Å². The molecule has 1 aliphatic heterocycles. The maximum absolute atomic E-state index is 11.5. The predicted molar refractivity (Wildman–Crippen MR) is 66.4 cm³/mol. The van der Waals surface area contributed by atoms with Crippen LogP contribution in [0.3, 0.4) is 0 Å². The molecule has 0 aromatic heterocycles. The van der Waals surface area contributed by atoms with Gasteiger partial charge in [0.05, 0.1) is 6.54 Å². The largest absolute Gasteiger partial charge is 0.345 e. The van der Waals surface area contributed by atoms with Crippen LogP contribution in [-0.2, 0) is 4.79 Å². The third kappa shape index (κ3) is 4.10. The minimum atomic E-state index is 0.188. The fourth-order valence-corrected chi connectivity index (χ4v) is 2.06. The van der Waals surface area contributed by atoms with Gasteiger partial charge in [-0.3, -0.25) is 4.79 Å². The van der Waals surface area contributed by atoms with Crippen LogP contribution in [0.1, 0.15) is 20.3 Å². The average molecular weight is 227 g/mol. The first kappa shape index (κ1) is 13.5. The van der Waals surface area contributed by atoms with Crippen LogP contribution in [0.5, 0.6) is 0 Å². The van der Waals surface area contributed by atoms with E-state index in [1.807, 2.05) is 14.0 Å². The van der Waals surface area contributed by atoms with Crippen LogP contribution in [0.4, 0.5) is 0 Å². The van der Waals surface area contributed by atoms with Gasteiger partial charge in [-0.2, -0.15) is 0 Å². The molecule has 1 N–H and O–H groups in total. The summed E-state index contributed by atoms with van der Waals surface area (Å²) in [7, 11) is 1.85. The monoisotopic (exact) mass is 227 g/mol. The van der Waals surface area contributed by atoms with E-state index in [2.05, 4.69) is 17.1 Å². The van der Waals surface area contributed by atoms with Crippen LogP contribution in [0, 0.1) is 5.92 Å². The Labute approximate surface area is 99.0 Å². The first-order valence-electron chi connectivity index (χ1n) is 6.34. The zero-order valence-corrected chi connectivity index (χ0v) is 10.8. The van der Waals surface area contributed by atoms with Crippen LogP contribution in [0.25, 0.3) is 0 Å². The Hall–Kier alpha value is -0.610. The molecule has 0 spiro atoms. The van der Waals surface area contributed by atoms with Crippen molar-refractivity contribution >= 4 is 5.91 Å². The lowest BCUT2D eigenvalue weighted by molar-refractivity contribution is -0.128. The van der Waals surface area contributed by atoms with E-state index in [9.17, 15) is 4.79 Å². The minimum Gasteiger partial charge on any atom is -0.345 e. The summed E-state index contributed by atoms with van der Waals surface area (Å²) in [5.41, 5.74) is 0. The van der Waals surface area contributed by atoms with E-state index < -0.39 is 0 Å². The molecular formula is C12H25N3O. The maximum atomic E-state index is 11.5. The van der Waals surface area contributed by atoms with Crippen LogP contribution in [0.2, 0.25) is 0 Å². The number of carbonyl (C=O) groups excluding carboxylic acids is 1. The minimum absolute atomic E-state index is 0.188. The molecule has 0 radical (unpaired) electrons. The molecule has 1 unspecified atom stereocenters. The maximum Gasteiger partial charge on any atom is 0.236 e. The first-order valence-corrected chi connectivity index (χ1v) is 6.34. The van der Waals surface area contributed by atoms with Crippen molar-refractivity contribution in [2.24, 2.45) is 5.92 Å². The second kappa shape index (κ2) is 6.86. The Bertz CT molecular complexity index is 220. The molecule has 4 heteroatoms. The highest BCUT2D eigenvalue weighted by atomic mass is 16.2. The molecule has 1 fully saturated rings. The van der Waals surface area contributed by atoms with Gasteiger partial charge in [-0.15, -0.1) is 0 Å². The molecule has 94 valence electrons. The van der Waals surface area contributed by atoms with Crippen molar-refractivity contribution in [3.05, 3.63) is 0 Å². The Morgan fingerprint density at radius 1 is 1.50 bits per heavy atom. The van der Waals surface area contributed by atoms with Crippen molar-refractivity contribution in [2.45, 2.75) is 20.3 Å². The number of carbonyl (C=O) groups is 1. The summed E-state index contributed by atoms with van der Waals surface area (Å²) in [6.07, 6.45) is 1.26. The summed E-state index contributed by atoms with van der Waals surface area (Å²) in [4.78, 5) is 15.7. The van der Waals surface area contributed by atoms with Gasteiger partial charge in [-0.25, -0.2) is 0 Å². The van der Waals surface area contributed by atoms with Crippen molar-refractivity contribution in [3.63, 3.8) is 0 Å². The smallest absolute Gasteiger partial charge is 0.236 e. The summed E-state index contributed by atoms with van der Waals surface area (Å²) >= 11 is 0. The quantitative estimate of drug-likeness (QED) is 0.713. The number of rotatable bonds is 6. The van der Waals surface area contributed by atoms with Gasteiger partial charge in [-0.1, -0.05) is 6.92 Å². The standard InChI is InChI=1S/C12H25N3O/c1-4-14(3)12(16)9-13-8-11-6-7-15(5-2)10-11/h11,13H,4-10H2,1-3H3. The van der Waals surface area contributed by atoms with E-state index in [0.717, 1.165) is 25.6 Å². The molecule has 1 rings (SSSR count). The first-order chi connectivity index (χ1) is 7.67. The Kier molecular flexibility index (Phi) is 5.77. The highest BCUT2D eigenvalue weighted by molar-refractivity contribution is 5.77. The van der Waals surface area contributed by atoms with Crippen molar-refractivity contribution < 1.29 is 4.79 Å². The molecule has 0 aromatic carbocycles. The van der Waals surface area contributed by atoms with Crippen LogP contribution in [0.15, 0.2) is 0 Å². The summed E-state index contributed by atoms with van der Waals surface area (Å²) in [5.74, 6) is 0.910. The molecule has 0 bridgehead atoms. The van der Waals surface area contributed by atoms with Gasteiger partial charge in [0.15, 0.2) is 0 Å². The average Bonchev–Trinajstić information content (AvgIpc) is 2.75. The third-order valence-corrected chi connectivity index (χ3v) is 3.43. The summed E-state index contributed by atoms with van der Waals surface area (Å²) in [6.45, 7) is 9.98. The fraction of sp³-hybridized carbons (Fsp3) is 0.917. The number of nitrogens with one attached hydrogen (secondary N) is 1. The molecular weight excluding hydrogens is 202 g/mol. The highest BCUT2D eigenvalue weighted by Gasteiger charge is 2.20. The topological polar surface area (TPSA) is 35.6 Å². The molecule has 1 aliphatic rings. The van der Waals surface area contributed by atoms with Crippen molar-refractivity contribution in [1.82, 2.24) is 15.1 Å². The van der Waals surface area contributed by atoms with Crippen molar-refractivity contribution in [1.29, 1.82) is 0 Å². The van der Waals surface area contributed by atoms with E-state index in [1.54, 1.807) is 4.90 Å². The Morgan fingerprint density at radius 3 is 2.81 bits per heavy atom. The molecule has 0 aliphatic carbocycles. The van der Waals surface area contributed by atoms with Gasteiger partial charge in [0.25, 0.3) is 0 Å². The normalized spacial score (nSPS) is 21.3. The van der Waals surface area contributed by atoms with Crippen molar-refractivity contribution in [2.75, 3.05) is 46.3 Å². The second-order valence-electron chi connectivity index (χ2n) is 4.59. The lowest BCUT2D eigenvalue weighted by Crippen LogP contribution is -2.37. The van der Waals surface area contributed by atoms with Crippen LogP contribution < -0.4 is 5.32 Å². The molecule has 4 nitrogen and oxygen atoms in total. The van der Waals surface area contributed by atoms with Gasteiger partial charge < -0.3 is 15.1 Å². The number of likely N-dealkylation sites (N-methyl/N-ethyl adjacent to an activating group) is 1. The number of hydrogen-bond acceptors (Lipinski definition) is 3. The molecule has 1 amide bonds. The Morgan fingerprint density at radius 2 is 2.25 bits per heavy atom. The van der Waals surface area contributed by atoms with Gasteiger partial charge in [0.2, 0.25) is 5.91 Å². The number of nitrogens with zero attached hydrogens (tertiary/aromatic N) is 2. The Balaban J connectivity index is 2.10. The highest BCUT2D eigenvalue weighted by Crippen LogP contribution is 2.14. The second-order valence-corrected chi connectivity index (χ2v) is 4.59. The van der Waals surface area contributed by atoms with E-state index >= 15 is 0 Å². The third-order valence-electron chi connectivity index (χ3n) is 3.43. The zero-order valence-electron chi connectivity index (χ0n) is 10.8. The zero-order chi connectivity index (χ0) is 12.0. The predicted octanol–water partition coefficient (Wildman–Crippen LogP) is 0.396. The van der Waals surface area contributed by atoms with Gasteiger partial charge in [0.1, 0.15) is 0 Å². The van der Waals surface area contributed by atoms with E-state index in [0.29, 0.717) is 6.54 Å². The molecule has 1 atom stereocenters. The number of likely N-dealkylation sites (tertiary alicyclic amines) is 1. The summed E-state index contributed by atoms with van der Waals surface area (Å²) in [5, 5.41) is 3.27. The van der Waals surface area contributed by atoms with Gasteiger partial charge >= 0.3 is 0 Å². The molecule has 0 saturated carbocycles. The number of amides is 1. The van der Waals surface area contributed by atoms with E-state index in [-0.39, 0.29) is 5.91 Å². The van der Waals surface area contributed by atoms with Gasteiger partial charge in [0, 0.05) is 20.1 Å². The lowest BCUT2D eigenvalue weighted by Gasteiger charge is -2.16. The molecule has 1 heterocycles. The van der Waals surface area contributed by atoms with Crippen LogP contribution >= 0.6 is 0 Å². The fourth-order valence-electron chi connectivity index (χ4n) is 2.06. The molecule has 1 saturated heterocycles. The SMILES string of the molecule is CCN1CCC(CNCC(=O)N(C)CC)C1. The lowest BCUT2D eigenvalue weighted by atomic mass is 10.1. The van der Waals surface area contributed by atoms with E-state index in [4.69, 9.17) is 0 Å². The van der Waals surface area contributed by atoms with E-state index in [1.165, 1.54) is 19.5 Å². The van der Waals surface area contributed by atoms with Gasteiger partial charge in [-0.05, 0) is 38.9 Å².